The highest BCUT2D eigenvalue weighted by Crippen LogP contribution is 2.64. The van der Waals surface area contributed by atoms with E-state index in [4.69, 9.17) is 4.74 Å². The molecule has 180 valence electrons. The lowest BCUT2D eigenvalue weighted by molar-refractivity contribution is -0.188. The van der Waals surface area contributed by atoms with E-state index in [1.54, 1.807) is 19.9 Å². The van der Waals surface area contributed by atoms with Gasteiger partial charge >= 0.3 is 6.16 Å². The minimum atomic E-state index is -0.940. The molecule has 1 aromatic rings. The third-order valence-corrected chi connectivity index (χ3v) is 8.08. The Hall–Kier alpha value is -2.32. The van der Waals surface area contributed by atoms with Crippen molar-refractivity contribution in [3.8, 4) is 11.5 Å². The van der Waals surface area contributed by atoms with Gasteiger partial charge in [0.2, 0.25) is 0 Å². The fourth-order valence-corrected chi connectivity index (χ4v) is 6.54. The largest absolute Gasteiger partial charge is 0.508 e. The number of aliphatic hydroxyl groups is 1. The Balaban J connectivity index is 0.000000249. The van der Waals surface area contributed by atoms with Gasteiger partial charge in [0.25, 0.3) is 0 Å². The monoisotopic (exact) mass is 459 g/mol. The quantitative estimate of drug-likeness (QED) is 0.662. The summed E-state index contributed by atoms with van der Waals surface area (Å²) >= 11 is 0. The average Bonchev–Trinajstić information content (AvgIpc) is 3.52. The van der Waals surface area contributed by atoms with Gasteiger partial charge in [-0.2, -0.15) is 0 Å². The highest BCUT2D eigenvalue weighted by molar-refractivity contribution is 5.90. The molecule has 33 heavy (non-hydrogen) atoms. The van der Waals surface area contributed by atoms with Crippen molar-refractivity contribution in [1.29, 1.82) is 0 Å². The first-order chi connectivity index (χ1) is 15.9. The average molecular weight is 460 g/mol. The molecule has 0 unspecified atom stereocenters. The number of nitrogens with zero attached hydrogens (tertiary/aromatic N) is 1. The molecule has 5 aliphatic rings. The van der Waals surface area contributed by atoms with Crippen molar-refractivity contribution in [1.82, 2.24) is 4.90 Å². The zero-order valence-corrected chi connectivity index (χ0v) is 19.3. The van der Waals surface area contributed by atoms with E-state index < -0.39 is 23.3 Å². The first-order valence-corrected chi connectivity index (χ1v) is 12.2. The fraction of sp³-hybridized carbons (Fsp3) is 0.680. The van der Waals surface area contributed by atoms with E-state index in [1.807, 2.05) is 6.07 Å². The summed E-state index contributed by atoms with van der Waals surface area (Å²) in [6.45, 7) is 6.17. The van der Waals surface area contributed by atoms with Crippen LogP contribution in [0.3, 0.4) is 0 Å². The molecule has 2 saturated carbocycles. The second-order valence-electron chi connectivity index (χ2n) is 9.83. The number of hydrogen-bond donors (Lipinski definition) is 2. The molecule has 8 heteroatoms. The Bertz CT molecular complexity index is 952. The normalized spacial score (nSPS) is 33.4. The molecule has 1 saturated heterocycles. The Kier molecular flexibility index (Phi) is 5.56. The minimum Gasteiger partial charge on any atom is -0.504 e. The van der Waals surface area contributed by atoms with Gasteiger partial charge in [-0.25, -0.2) is 4.79 Å². The molecule has 0 amide bonds. The smallest absolute Gasteiger partial charge is 0.504 e. The Morgan fingerprint density at radius 2 is 1.94 bits per heavy atom. The van der Waals surface area contributed by atoms with Crippen molar-refractivity contribution < 1.29 is 34.0 Å². The number of ketones is 1. The van der Waals surface area contributed by atoms with Gasteiger partial charge in [0.05, 0.1) is 24.2 Å². The molecule has 2 heterocycles. The van der Waals surface area contributed by atoms with Crippen LogP contribution in [-0.4, -0.2) is 71.1 Å². The third-order valence-electron chi connectivity index (χ3n) is 8.08. The molecule has 6 rings (SSSR count). The second-order valence-corrected chi connectivity index (χ2v) is 9.83. The lowest BCUT2D eigenvalue weighted by Gasteiger charge is -2.62. The van der Waals surface area contributed by atoms with Gasteiger partial charge in [-0.1, -0.05) is 6.07 Å². The SMILES string of the molecule is CCOC(=O)OCC.O=C1CC[C@@]2(O)[C@H]3Cc4ccc(O)c5c4[C@@]2(CCN3CC2CC2)[C@H]1O5. The Morgan fingerprint density at radius 3 is 2.61 bits per heavy atom. The summed E-state index contributed by atoms with van der Waals surface area (Å²) in [5, 5.41) is 22.3. The molecule has 2 aliphatic heterocycles. The maximum Gasteiger partial charge on any atom is 0.508 e. The molecule has 8 nitrogen and oxygen atoms in total. The summed E-state index contributed by atoms with van der Waals surface area (Å²) in [7, 11) is 0. The van der Waals surface area contributed by atoms with Crippen LogP contribution < -0.4 is 4.74 Å². The van der Waals surface area contributed by atoms with Crippen molar-refractivity contribution >= 4 is 11.9 Å². The molecule has 2 N–H and O–H groups in total. The number of carbonyl (C=O) groups is 2. The fourth-order valence-electron chi connectivity index (χ4n) is 6.54. The summed E-state index contributed by atoms with van der Waals surface area (Å²) < 4.78 is 14.9. The van der Waals surface area contributed by atoms with Crippen LogP contribution >= 0.6 is 0 Å². The summed E-state index contributed by atoms with van der Waals surface area (Å²) in [5.74, 6) is 1.39. The van der Waals surface area contributed by atoms with Crippen LogP contribution in [0.15, 0.2) is 12.1 Å². The van der Waals surface area contributed by atoms with Crippen LogP contribution in [-0.2, 0) is 26.1 Å². The highest BCUT2D eigenvalue weighted by atomic mass is 16.7. The van der Waals surface area contributed by atoms with Crippen LogP contribution in [0.2, 0.25) is 0 Å². The lowest BCUT2D eigenvalue weighted by Crippen LogP contribution is -2.76. The number of carbonyl (C=O) groups excluding carboxylic acids is 2. The number of phenols is 1. The van der Waals surface area contributed by atoms with Crippen molar-refractivity contribution in [2.45, 2.75) is 75.5 Å². The van der Waals surface area contributed by atoms with E-state index in [0.29, 0.717) is 31.8 Å². The van der Waals surface area contributed by atoms with E-state index in [1.165, 1.54) is 12.8 Å². The molecule has 1 spiro atoms. The van der Waals surface area contributed by atoms with Crippen LogP contribution in [0.1, 0.15) is 57.1 Å². The van der Waals surface area contributed by atoms with Crippen molar-refractivity contribution in [3.63, 3.8) is 0 Å². The summed E-state index contributed by atoms with van der Waals surface area (Å²) in [6.07, 6.45) is 3.74. The van der Waals surface area contributed by atoms with E-state index in [0.717, 1.165) is 43.0 Å². The number of hydrogen-bond acceptors (Lipinski definition) is 8. The van der Waals surface area contributed by atoms with Crippen LogP contribution in [0.5, 0.6) is 11.5 Å². The van der Waals surface area contributed by atoms with Gasteiger partial charge in [-0.15, -0.1) is 0 Å². The van der Waals surface area contributed by atoms with E-state index in [2.05, 4.69) is 14.4 Å². The molecule has 2 bridgehead atoms. The van der Waals surface area contributed by atoms with Gasteiger partial charge in [-0.05, 0) is 70.0 Å². The van der Waals surface area contributed by atoms with E-state index >= 15 is 0 Å². The molecule has 1 aromatic carbocycles. The topological polar surface area (TPSA) is 106 Å². The summed E-state index contributed by atoms with van der Waals surface area (Å²) in [6, 6.07) is 3.69. The summed E-state index contributed by atoms with van der Waals surface area (Å²) in [4.78, 5) is 25.4. The van der Waals surface area contributed by atoms with Gasteiger partial charge < -0.3 is 24.4 Å². The minimum absolute atomic E-state index is 0.0454. The number of piperidine rings is 1. The highest BCUT2D eigenvalue weighted by Gasteiger charge is 2.73. The zero-order chi connectivity index (χ0) is 23.4. The van der Waals surface area contributed by atoms with Crippen molar-refractivity contribution in [3.05, 3.63) is 23.3 Å². The third kappa shape index (κ3) is 3.33. The molecule has 0 aromatic heterocycles. The Morgan fingerprint density at radius 1 is 1.21 bits per heavy atom. The maximum absolute atomic E-state index is 12.7. The van der Waals surface area contributed by atoms with Crippen LogP contribution in [0.4, 0.5) is 4.79 Å². The van der Waals surface area contributed by atoms with Crippen LogP contribution in [0.25, 0.3) is 0 Å². The first kappa shape index (κ1) is 22.5. The Labute approximate surface area is 193 Å². The zero-order valence-electron chi connectivity index (χ0n) is 19.3. The molecule has 3 fully saturated rings. The number of likely N-dealkylation sites (tertiary alicyclic amines) is 1. The molecule has 3 aliphatic carbocycles. The predicted octanol–water partition coefficient (Wildman–Crippen LogP) is 2.70. The molecular weight excluding hydrogens is 426 g/mol. The lowest BCUT2D eigenvalue weighted by atomic mass is 9.49. The second kappa shape index (κ2) is 8.17. The molecule has 0 radical (unpaired) electrons. The van der Waals surface area contributed by atoms with E-state index in [-0.39, 0.29) is 17.6 Å². The number of phenolic OH excluding ortho intramolecular Hbond substituents is 1. The van der Waals surface area contributed by atoms with Gasteiger partial charge in [0.15, 0.2) is 23.4 Å². The standard InChI is InChI=1S/C20H23NO4.C5H10O3/c22-13-4-3-12-9-15-20(24)6-5-14(23)18-19(20,16(12)17(13)25-18)7-8-21(15)10-11-1-2-11;1-3-7-5(6)8-4-2/h3-4,11,15,18,22,24H,1-2,5-10H2;3-4H2,1-2H3/t15-,18+,19+,20-;/m1./s1. The van der Waals surface area contributed by atoms with E-state index in [9.17, 15) is 19.8 Å². The number of aromatic hydroxyl groups is 1. The van der Waals surface area contributed by atoms with Crippen molar-refractivity contribution in [2.24, 2.45) is 5.92 Å². The number of rotatable bonds is 4. The van der Waals surface area contributed by atoms with Crippen molar-refractivity contribution in [2.75, 3.05) is 26.3 Å². The van der Waals surface area contributed by atoms with Crippen LogP contribution in [0, 0.1) is 5.92 Å². The van der Waals surface area contributed by atoms with Gasteiger partial charge in [0.1, 0.15) is 0 Å². The van der Waals surface area contributed by atoms with Gasteiger partial charge in [-0.3, -0.25) is 9.69 Å². The first-order valence-electron chi connectivity index (χ1n) is 12.2. The number of ether oxygens (including phenoxy) is 3. The number of Topliss-reactive ketones (excluding diaryl/α,β-unsaturated/α-hetero) is 1. The number of benzene rings is 1. The predicted molar refractivity (Wildman–Crippen MR) is 118 cm³/mol. The molecular formula is C25H33NO7. The van der Waals surface area contributed by atoms with Gasteiger partial charge in [0, 0.05) is 24.6 Å². The summed E-state index contributed by atoms with van der Waals surface area (Å²) in [5.41, 5.74) is 0.454. The maximum atomic E-state index is 12.7. The molecule has 4 atom stereocenters.